The SMILES string of the molecule is COc1ccccc1C(=O)N/N=C1\CCCc2oc(C(=O)Nc3ccncc3)c(C)c21. The molecule has 0 aliphatic heterocycles. The molecule has 8 nitrogen and oxygen atoms in total. The molecule has 1 aromatic carbocycles. The average molecular weight is 418 g/mol. The molecule has 2 N–H and O–H groups in total. The van der Waals surface area contributed by atoms with Crippen LogP contribution in [0.2, 0.25) is 0 Å². The summed E-state index contributed by atoms with van der Waals surface area (Å²) < 4.78 is 11.1. The number of aryl methyl sites for hydroxylation is 1. The molecule has 1 aliphatic rings. The minimum absolute atomic E-state index is 0.243. The molecule has 0 saturated carbocycles. The molecule has 2 aromatic heterocycles. The summed E-state index contributed by atoms with van der Waals surface area (Å²) in [7, 11) is 1.51. The van der Waals surface area contributed by atoms with Crippen LogP contribution in [0.4, 0.5) is 5.69 Å². The lowest BCUT2D eigenvalue weighted by Crippen LogP contribution is -2.22. The van der Waals surface area contributed by atoms with Crippen molar-refractivity contribution in [3.63, 3.8) is 0 Å². The van der Waals surface area contributed by atoms with Crippen LogP contribution in [0.15, 0.2) is 58.3 Å². The van der Waals surface area contributed by atoms with Crippen molar-refractivity contribution in [2.24, 2.45) is 5.10 Å². The fourth-order valence-corrected chi connectivity index (χ4v) is 3.63. The van der Waals surface area contributed by atoms with Crippen LogP contribution in [-0.2, 0) is 6.42 Å². The zero-order valence-electron chi connectivity index (χ0n) is 17.3. The van der Waals surface area contributed by atoms with Crippen molar-refractivity contribution in [1.82, 2.24) is 10.4 Å². The zero-order valence-corrected chi connectivity index (χ0v) is 17.3. The van der Waals surface area contributed by atoms with Crippen molar-refractivity contribution in [3.05, 3.63) is 77.0 Å². The molecule has 158 valence electrons. The highest BCUT2D eigenvalue weighted by atomic mass is 16.5. The van der Waals surface area contributed by atoms with E-state index in [1.807, 2.05) is 6.92 Å². The van der Waals surface area contributed by atoms with Gasteiger partial charge in [-0.05, 0) is 44.0 Å². The number of nitrogens with one attached hydrogen (secondary N) is 2. The van der Waals surface area contributed by atoms with Crippen molar-refractivity contribution in [3.8, 4) is 5.75 Å². The third-order valence-electron chi connectivity index (χ3n) is 5.11. The van der Waals surface area contributed by atoms with Crippen molar-refractivity contribution in [2.45, 2.75) is 26.2 Å². The summed E-state index contributed by atoms with van der Waals surface area (Å²) >= 11 is 0. The molecule has 0 atom stereocenters. The van der Waals surface area contributed by atoms with E-state index in [2.05, 4.69) is 20.8 Å². The molecule has 0 bridgehead atoms. The number of anilines is 1. The number of hydrogen-bond acceptors (Lipinski definition) is 6. The maximum Gasteiger partial charge on any atom is 0.291 e. The molecule has 0 unspecified atom stereocenters. The third kappa shape index (κ3) is 4.18. The number of carbonyl (C=O) groups is 2. The molecule has 31 heavy (non-hydrogen) atoms. The maximum absolute atomic E-state index is 12.7. The Morgan fingerprint density at radius 3 is 2.65 bits per heavy atom. The third-order valence-corrected chi connectivity index (χ3v) is 5.11. The second-order valence-corrected chi connectivity index (χ2v) is 7.10. The number of ether oxygens (including phenoxy) is 1. The van der Waals surface area contributed by atoms with Crippen LogP contribution in [0.3, 0.4) is 0 Å². The highest BCUT2D eigenvalue weighted by Gasteiger charge is 2.28. The van der Waals surface area contributed by atoms with Crippen LogP contribution in [0.1, 0.15) is 50.6 Å². The van der Waals surface area contributed by atoms with E-state index in [0.717, 1.165) is 12.0 Å². The average Bonchev–Trinajstić information content (AvgIpc) is 3.15. The van der Waals surface area contributed by atoms with Crippen LogP contribution in [0.25, 0.3) is 0 Å². The lowest BCUT2D eigenvalue weighted by atomic mass is 9.93. The summed E-state index contributed by atoms with van der Waals surface area (Å²) in [6.07, 6.45) is 5.40. The number of pyridine rings is 1. The Kier molecular flexibility index (Phi) is 5.79. The van der Waals surface area contributed by atoms with E-state index in [4.69, 9.17) is 9.15 Å². The van der Waals surface area contributed by atoms with E-state index in [1.54, 1.807) is 48.8 Å². The van der Waals surface area contributed by atoms with Gasteiger partial charge in [-0.1, -0.05) is 12.1 Å². The number of hydrogen-bond donors (Lipinski definition) is 2. The quantitative estimate of drug-likeness (QED) is 0.615. The fourth-order valence-electron chi connectivity index (χ4n) is 3.63. The van der Waals surface area contributed by atoms with Gasteiger partial charge in [0.2, 0.25) is 0 Å². The Morgan fingerprint density at radius 2 is 1.87 bits per heavy atom. The first-order chi connectivity index (χ1) is 15.1. The van der Waals surface area contributed by atoms with Gasteiger partial charge in [-0.2, -0.15) is 5.10 Å². The van der Waals surface area contributed by atoms with Gasteiger partial charge in [-0.3, -0.25) is 14.6 Å². The van der Waals surface area contributed by atoms with Gasteiger partial charge in [0.1, 0.15) is 11.5 Å². The number of furan rings is 1. The molecule has 0 radical (unpaired) electrons. The van der Waals surface area contributed by atoms with Gasteiger partial charge in [-0.25, -0.2) is 5.43 Å². The van der Waals surface area contributed by atoms with Crippen molar-refractivity contribution < 1.29 is 18.7 Å². The first-order valence-electron chi connectivity index (χ1n) is 9.92. The molecule has 2 heterocycles. The maximum atomic E-state index is 12.7. The highest BCUT2D eigenvalue weighted by Crippen LogP contribution is 2.30. The number of amides is 2. The Morgan fingerprint density at radius 1 is 1.10 bits per heavy atom. The number of benzene rings is 1. The van der Waals surface area contributed by atoms with Crippen LogP contribution >= 0.6 is 0 Å². The molecular weight excluding hydrogens is 396 g/mol. The Labute approximate surface area is 179 Å². The second-order valence-electron chi connectivity index (χ2n) is 7.10. The number of para-hydroxylation sites is 1. The molecule has 4 rings (SSSR count). The minimum Gasteiger partial charge on any atom is -0.496 e. The van der Waals surface area contributed by atoms with Gasteiger partial charge in [0.05, 0.1) is 18.4 Å². The largest absolute Gasteiger partial charge is 0.496 e. The molecule has 2 amide bonds. The number of aromatic nitrogens is 1. The predicted molar refractivity (Wildman–Crippen MR) is 116 cm³/mol. The Bertz CT molecular complexity index is 1150. The normalized spacial score (nSPS) is 14.1. The fraction of sp³-hybridized carbons (Fsp3) is 0.217. The zero-order chi connectivity index (χ0) is 21.8. The monoisotopic (exact) mass is 418 g/mol. The van der Waals surface area contributed by atoms with E-state index in [-0.39, 0.29) is 17.6 Å². The molecule has 3 aromatic rings. The summed E-state index contributed by atoms with van der Waals surface area (Å²) in [4.78, 5) is 29.3. The van der Waals surface area contributed by atoms with Crippen molar-refractivity contribution >= 4 is 23.2 Å². The summed E-state index contributed by atoms with van der Waals surface area (Å²) in [5.41, 5.74) is 5.81. The molecule has 8 heteroatoms. The van der Waals surface area contributed by atoms with Crippen molar-refractivity contribution in [1.29, 1.82) is 0 Å². The van der Waals surface area contributed by atoms with Crippen LogP contribution in [0.5, 0.6) is 5.75 Å². The molecule has 1 aliphatic carbocycles. The summed E-state index contributed by atoms with van der Waals surface area (Å²) in [5, 5.41) is 7.17. The first-order valence-corrected chi connectivity index (χ1v) is 9.92. The van der Waals surface area contributed by atoms with Gasteiger partial charge in [0, 0.05) is 35.6 Å². The predicted octanol–water partition coefficient (Wildman–Crippen LogP) is 3.71. The van der Waals surface area contributed by atoms with E-state index in [1.165, 1.54) is 7.11 Å². The minimum atomic E-state index is -0.367. The first kappa shape index (κ1) is 20.3. The van der Waals surface area contributed by atoms with Gasteiger partial charge in [0.25, 0.3) is 11.8 Å². The molecular formula is C23H22N4O4. The van der Waals surface area contributed by atoms with Gasteiger partial charge in [0.15, 0.2) is 5.76 Å². The van der Waals surface area contributed by atoms with E-state index in [0.29, 0.717) is 46.9 Å². The van der Waals surface area contributed by atoms with Crippen LogP contribution in [-0.4, -0.2) is 29.6 Å². The van der Waals surface area contributed by atoms with E-state index < -0.39 is 0 Å². The highest BCUT2D eigenvalue weighted by molar-refractivity contribution is 6.09. The van der Waals surface area contributed by atoms with E-state index in [9.17, 15) is 9.59 Å². The number of carbonyl (C=O) groups excluding carboxylic acids is 2. The summed E-state index contributed by atoms with van der Waals surface area (Å²) in [6, 6.07) is 10.4. The Hall–Kier alpha value is -3.94. The molecule has 0 spiro atoms. The smallest absolute Gasteiger partial charge is 0.291 e. The van der Waals surface area contributed by atoms with Gasteiger partial charge >= 0.3 is 0 Å². The molecule has 0 saturated heterocycles. The lowest BCUT2D eigenvalue weighted by molar-refractivity contribution is 0.0950. The number of methoxy groups -OCH3 is 1. The van der Waals surface area contributed by atoms with Gasteiger partial charge < -0.3 is 14.5 Å². The number of nitrogens with zero attached hydrogens (tertiary/aromatic N) is 2. The second kappa shape index (κ2) is 8.83. The lowest BCUT2D eigenvalue weighted by Gasteiger charge is -2.14. The number of hydrazone groups is 1. The Balaban J connectivity index is 1.58. The van der Waals surface area contributed by atoms with Crippen LogP contribution in [0, 0.1) is 6.92 Å². The number of fused-ring (bicyclic) bond motifs is 1. The molecule has 0 fully saturated rings. The van der Waals surface area contributed by atoms with Gasteiger partial charge in [-0.15, -0.1) is 0 Å². The van der Waals surface area contributed by atoms with Crippen LogP contribution < -0.4 is 15.5 Å². The topological polar surface area (TPSA) is 106 Å². The van der Waals surface area contributed by atoms with Crippen molar-refractivity contribution in [2.75, 3.05) is 12.4 Å². The number of rotatable bonds is 5. The standard InChI is InChI=1S/C23H22N4O4/c1-14-20-17(26-27-22(28)16-6-3-4-8-18(16)30-2)7-5-9-19(20)31-21(14)23(29)25-15-10-12-24-13-11-15/h3-4,6,8,10-13H,5,7,9H2,1-2H3,(H,27,28)(H,24,25,29)/b26-17+. The summed E-state index contributed by atoms with van der Waals surface area (Å²) in [6.45, 7) is 1.83. The van der Waals surface area contributed by atoms with E-state index >= 15 is 0 Å². The summed E-state index contributed by atoms with van der Waals surface area (Å²) in [5.74, 6) is 0.713.